The maximum absolute atomic E-state index is 11.9. The van der Waals surface area contributed by atoms with Crippen LogP contribution in [-0.2, 0) is 12.0 Å². The molecule has 3 heteroatoms. The van der Waals surface area contributed by atoms with E-state index in [2.05, 4.69) is 0 Å². The number of rotatable bonds is 6. The van der Waals surface area contributed by atoms with Crippen molar-refractivity contribution in [2.45, 2.75) is 25.9 Å². The molecule has 0 spiro atoms. The second-order valence-corrected chi connectivity index (χ2v) is 6.89. The maximum atomic E-state index is 11.9. The predicted molar refractivity (Wildman–Crippen MR) is 109 cm³/mol. The Morgan fingerprint density at radius 3 is 1.63 bits per heavy atom. The van der Waals surface area contributed by atoms with Gasteiger partial charge in [0.15, 0.2) is 0 Å². The Hall–Kier alpha value is -2.78. The van der Waals surface area contributed by atoms with Gasteiger partial charge in [0, 0.05) is 6.42 Å². The van der Waals surface area contributed by atoms with Crippen LogP contribution in [0.5, 0.6) is 11.5 Å². The number of aliphatic hydroxyl groups is 1. The van der Waals surface area contributed by atoms with Crippen molar-refractivity contribution in [2.75, 3.05) is 14.2 Å². The molecule has 0 amide bonds. The van der Waals surface area contributed by atoms with Crippen LogP contribution in [0.25, 0.3) is 0 Å². The van der Waals surface area contributed by atoms with Crippen molar-refractivity contribution in [3.05, 3.63) is 94.5 Å². The molecule has 27 heavy (non-hydrogen) atoms. The third kappa shape index (κ3) is 3.83. The lowest BCUT2D eigenvalue weighted by atomic mass is 9.80. The zero-order valence-electron chi connectivity index (χ0n) is 16.3. The highest BCUT2D eigenvalue weighted by Crippen LogP contribution is 2.37. The van der Waals surface area contributed by atoms with Gasteiger partial charge in [0.05, 0.1) is 14.2 Å². The zero-order chi connectivity index (χ0) is 19.4. The first-order valence-electron chi connectivity index (χ1n) is 9.04. The number of aryl methyl sites for hydroxylation is 2. The summed E-state index contributed by atoms with van der Waals surface area (Å²) in [5.41, 5.74) is 3.58. The van der Waals surface area contributed by atoms with Crippen LogP contribution in [0.15, 0.2) is 66.7 Å². The van der Waals surface area contributed by atoms with Crippen LogP contribution in [-0.4, -0.2) is 19.3 Å². The third-order valence-corrected chi connectivity index (χ3v) is 5.05. The van der Waals surface area contributed by atoms with E-state index in [0.717, 1.165) is 39.3 Å². The summed E-state index contributed by atoms with van der Waals surface area (Å²) in [6, 6.07) is 21.8. The molecule has 3 nitrogen and oxygen atoms in total. The average molecular weight is 362 g/mol. The monoisotopic (exact) mass is 362 g/mol. The number of benzene rings is 3. The summed E-state index contributed by atoms with van der Waals surface area (Å²) in [5, 5.41) is 11.9. The van der Waals surface area contributed by atoms with E-state index in [-0.39, 0.29) is 0 Å². The molecule has 0 saturated heterocycles. The van der Waals surface area contributed by atoms with E-state index in [1.54, 1.807) is 14.2 Å². The summed E-state index contributed by atoms with van der Waals surface area (Å²) in [6.07, 6.45) is 0.478. The fraction of sp³-hybridized carbons (Fsp3) is 0.250. The second-order valence-electron chi connectivity index (χ2n) is 6.89. The first kappa shape index (κ1) is 19.0. The molecular formula is C24H26O3. The molecule has 0 fully saturated rings. The Bertz CT molecular complexity index is 863. The van der Waals surface area contributed by atoms with E-state index in [1.807, 2.05) is 80.6 Å². The van der Waals surface area contributed by atoms with Crippen LogP contribution in [0.2, 0.25) is 0 Å². The van der Waals surface area contributed by atoms with E-state index in [0.29, 0.717) is 6.42 Å². The largest absolute Gasteiger partial charge is 0.496 e. The fourth-order valence-electron chi connectivity index (χ4n) is 3.53. The molecule has 0 aromatic heterocycles. The van der Waals surface area contributed by atoms with Gasteiger partial charge in [-0.2, -0.15) is 0 Å². The molecule has 0 bridgehead atoms. The van der Waals surface area contributed by atoms with Crippen molar-refractivity contribution in [1.82, 2.24) is 0 Å². The van der Waals surface area contributed by atoms with Gasteiger partial charge in [0.2, 0.25) is 0 Å². The molecule has 0 aliphatic rings. The molecule has 0 unspecified atom stereocenters. The molecule has 0 heterocycles. The lowest BCUT2D eigenvalue weighted by molar-refractivity contribution is 0.0809. The second kappa shape index (κ2) is 7.85. The fourth-order valence-corrected chi connectivity index (χ4v) is 3.53. The normalized spacial score (nSPS) is 11.3. The van der Waals surface area contributed by atoms with E-state index >= 15 is 0 Å². The highest BCUT2D eigenvalue weighted by molar-refractivity contribution is 5.47. The lowest BCUT2D eigenvalue weighted by Crippen LogP contribution is -2.30. The molecule has 0 radical (unpaired) electrons. The van der Waals surface area contributed by atoms with Crippen LogP contribution in [0, 0.1) is 13.8 Å². The van der Waals surface area contributed by atoms with Crippen molar-refractivity contribution in [1.29, 1.82) is 0 Å². The van der Waals surface area contributed by atoms with E-state index in [9.17, 15) is 5.11 Å². The smallest absolute Gasteiger partial charge is 0.121 e. The molecule has 0 aliphatic heterocycles. The molecule has 0 atom stereocenters. The van der Waals surface area contributed by atoms with Gasteiger partial charge in [0.25, 0.3) is 0 Å². The molecule has 3 rings (SSSR count). The SMILES string of the molecule is COc1ccc(C(O)(Cc2ccccc2)c2ccc(OC)c(C)c2)cc1C. The molecular weight excluding hydrogens is 336 g/mol. The number of hydrogen-bond acceptors (Lipinski definition) is 3. The minimum atomic E-state index is -1.16. The molecule has 1 N–H and O–H groups in total. The summed E-state index contributed by atoms with van der Waals surface area (Å²) in [7, 11) is 3.32. The molecule has 0 saturated carbocycles. The summed E-state index contributed by atoms with van der Waals surface area (Å²) < 4.78 is 10.8. The van der Waals surface area contributed by atoms with Gasteiger partial charge >= 0.3 is 0 Å². The van der Waals surface area contributed by atoms with Crippen LogP contribution in [0.4, 0.5) is 0 Å². The van der Waals surface area contributed by atoms with Crippen molar-refractivity contribution in [3.63, 3.8) is 0 Å². The summed E-state index contributed by atoms with van der Waals surface area (Å²) in [5.74, 6) is 1.62. The molecule has 140 valence electrons. The van der Waals surface area contributed by atoms with Crippen molar-refractivity contribution in [2.24, 2.45) is 0 Å². The number of ether oxygens (including phenoxy) is 2. The van der Waals surface area contributed by atoms with Crippen molar-refractivity contribution < 1.29 is 14.6 Å². The minimum absolute atomic E-state index is 0.478. The van der Waals surface area contributed by atoms with Gasteiger partial charge in [0.1, 0.15) is 17.1 Å². The van der Waals surface area contributed by atoms with Crippen LogP contribution < -0.4 is 9.47 Å². The van der Waals surface area contributed by atoms with Crippen molar-refractivity contribution in [3.8, 4) is 11.5 Å². The summed E-state index contributed by atoms with van der Waals surface area (Å²) in [4.78, 5) is 0. The molecule has 3 aromatic carbocycles. The maximum Gasteiger partial charge on any atom is 0.121 e. The Labute approximate surface area is 161 Å². The standard InChI is InChI=1S/C24H26O3/c1-17-14-20(10-12-22(17)26-3)24(25,16-19-8-6-5-7-9-19)21-11-13-23(27-4)18(2)15-21/h5-15,25H,16H2,1-4H3. The van der Waals surface area contributed by atoms with Gasteiger partial charge in [-0.25, -0.2) is 0 Å². The highest BCUT2D eigenvalue weighted by atomic mass is 16.5. The van der Waals surface area contributed by atoms with Crippen LogP contribution >= 0.6 is 0 Å². The van der Waals surface area contributed by atoms with Gasteiger partial charge in [-0.3, -0.25) is 0 Å². The summed E-state index contributed by atoms with van der Waals surface area (Å²) in [6.45, 7) is 3.98. The first-order valence-corrected chi connectivity index (χ1v) is 9.04. The van der Waals surface area contributed by atoms with Gasteiger partial charge in [-0.05, 0) is 65.9 Å². The Morgan fingerprint density at radius 2 is 1.22 bits per heavy atom. The average Bonchev–Trinajstić information content (AvgIpc) is 2.68. The van der Waals surface area contributed by atoms with Gasteiger partial charge < -0.3 is 14.6 Å². The van der Waals surface area contributed by atoms with Crippen LogP contribution in [0.1, 0.15) is 27.8 Å². The van der Waals surface area contributed by atoms with E-state index < -0.39 is 5.60 Å². The quantitative estimate of drug-likeness (QED) is 0.685. The minimum Gasteiger partial charge on any atom is -0.496 e. The van der Waals surface area contributed by atoms with Gasteiger partial charge in [-0.1, -0.05) is 42.5 Å². The Morgan fingerprint density at radius 1 is 0.741 bits per heavy atom. The van der Waals surface area contributed by atoms with Crippen LogP contribution in [0.3, 0.4) is 0 Å². The lowest BCUT2D eigenvalue weighted by Gasteiger charge is -2.31. The predicted octanol–water partition coefficient (Wildman–Crippen LogP) is 4.80. The Balaban J connectivity index is 2.14. The van der Waals surface area contributed by atoms with E-state index in [4.69, 9.17) is 9.47 Å². The van der Waals surface area contributed by atoms with Gasteiger partial charge in [-0.15, -0.1) is 0 Å². The zero-order valence-corrected chi connectivity index (χ0v) is 16.3. The van der Waals surface area contributed by atoms with Crippen molar-refractivity contribution >= 4 is 0 Å². The number of hydrogen-bond donors (Lipinski definition) is 1. The summed E-state index contributed by atoms with van der Waals surface area (Å²) >= 11 is 0. The highest BCUT2D eigenvalue weighted by Gasteiger charge is 2.33. The molecule has 3 aromatic rings. The topological polar surface area (TPSA) is 38.7 Å². The first-order chi connectivity index (χ1) is 13.0. The number of methoxy groups -OCH3 is 2. The third-order valence-electron chi connectivity index (χ3n) is 5.05. The molecule has 0 aliphatic carbocycles. The Kier molecular flexibility index (Phi) is 5.52. The van der Waals surface area contributed by atoms with E-state index in [1.165, 1.54) is 0 Å².